The minimum atomic E-state index is -0.0712. The van der Waals surface area contributed by atoms with E-state index >= 15 is 0 Å². The Kier molecular flexibility index (Phi) is 4.23. The Morgan fingerprint density at radius 2 is 2.14 bits per heavy atom. The highest BCUT2D eigenvalue weighted by Crippen LogP contribution is 2.14. The second kappa shape index (κ2) is 6.30. The van der Waals surface area contributed by atoms with E-state index in [1.54, 1.807) is 29.0 Å². The quantitative estimate of drug-likeness (QED) is 0.676. The van der Waals surface area contributed by atoms with Crippen LogP contribution in [0.15, 0.2) is 48.9 Å². The molecule has 0 saturated heterocycles. The molecule has 0 spiro atoms. The fourth-order valence-corrected chi connectivity index (χ4v) is 2.62. The third-order valence-corrected chi connectivity index (χ3v) is 4.10. The SMILES string of the molecule is CN(Cc1ccc(-n2cccn2)cc1)C(=O)c1[nH]ncc1I. The van der Waals surface area contributed by atoms with E-state index < -0.39 is 0 Å². The highest BCUT2D eigenvalue weighted by molar-refractivity contribution is 14.1. The number of nitrogens with zero attached hydrogens (tertiary/aromatic N) is 4. The molecule has 1 N–H and O–H groups in total. The van der Waals surface area contributed by atoms with Crippen LogP contribution in [0.2, 0.25) is 0 Å². The number of hydrogen-bond donors (Lipinski definition) is 1. The van der Waals surface area contributed by atoms with Crippen LogP contribution in [0.3, 0.4) is 0 Å². The Morgan fingerprint density at radius 1 is 1.36 bits per heavy atom. The monoisotopic (exact) mass is 407 g/mol. The maximum absolute atomic E-state index is 12.3. The van der Waals surface area contributed by atoms with Gasteiger partial charge < -0.3 is 4.90 Å². The molecule has 0 atom stereocenters. The molecule has 0 aliphatic carbocycles. The summed E-state index contributed by atoms with van der Waals surface area (Å²) in [4.78, 5) is 14.0. The molecule has 0 saturated carbocycles. The van der Waals surface area contributed by atoms with Crippen LogP contribution in [0, 0.1) is 3.57 Å². The molecule has 0 bridgehead atoms. The van der Waals surface area contributed by atoms with Crippen molar-refractivity contribution in [3.8, 4) is 5.69 Å². The molecule has 6 nitrogen and oxygen atoms in total. The Bertz CT molecular complexity index is 764. The van der Waals surface area contributed by atoms with Gasteiger partial charge in [0.05, 0.1) is 15.5 Å². The van der Waals surface area contributed by atoms with E-state index in [-0.39, 0.29) is 5.91 Å². The van der Waals surface area contributed by atoms with Gasteiger partial charge in [-0.15, -0.1) is 0 Å². The summed E-state index contributed by atoms with van der Waals surface area (Å²) in [6.07, 6.45) is 5.28. The van der Waals surface area contributed by atoms with Crippen molar-refractivity contribution >= 4 is 28.5 Å². The summed E-state index contributed by atoms with van der Waals surface area (Å²) >= 11 is 2.09. The van der Waals surface area contributed by atoms with Gasteiger partial charge in [-0.3, -0.25) is 9.89 Å². The summed E-state index contributed by atoms with van der Waals surface area (Å²) < 4.78 is 2.62. The highest BCUT2D eigenvalue weighted by Gasteiger charge is 2.16. The number of rotatable bonds is 4. The van der Waals surface area contributed by atoms with Crippen molar-refractivity contribution in [2.75, 3.05) is 7.05 Å². The van der Waals surface area contributed by atoms with Crippen LogP contribution in [0.5, 0.6) is 0 Å². The lowest BCUT2D eigenvalue weighted by molar-refractivity contribution is 0.0778. The van der Waals surface area contributed by atoms with Crippen LogP contribution >= 0.6 is 22.6 Å². The van der Waals surface area contributed by atoms with Crippen molar-refractivity contribution in [2.24, 2.45) is 0 Å². The van der Waals surface area contributed by atoms with Crippen molar-refractivity contribution in [2.45, 2.75) is 6.54 Å². The molecule has 0 unspecified atom stereocenters. The lowest BCUT2D eigenvalue weighted by Gasteiger charge is -2.16. The summed E-state index contributed by atoms with van der Waals surface area (Å²) in [5, 5.41) is 10.8. The number of amides is 1. The van der Waals surface area contributed by atoms with Crippen LogP contribution in [-0.2, 0) is 6.54 Å². The van der Waals surface area contributed by atoms with Gasteiger partial charge in [0, 0.05) is 26.0 Å². The molecule has 112 valence electrons. The van der Waals surface area contributed by atoms with E-state index in [0.717, 1.165) is 14.8 Å². The average molecular weight is 407 g/mol. The zero-order valence-corrected chi connectivity index (χ0v) is 14.1. The van der Waals surface area contributed by atoms with Crippen molar-refractivity contribution in [3.63, 3.8) is 0 Å². The maximum atomic E-state index is 12.3. The summed E-state index contributed by atoms with van der Waals surface area (Å²) in [6, 6.07) is 9.85. The van der Waals surface area contributed by atoms with Crippen LogP contribution in [0.4, 0.5) is 0 Å². The summed E-state index contributed by atoms with van der Waals surface area (Å²) in [5.74, 6) is -0.0712. The molecular weight excluding hydrogens is 393 g/mol. The van der Waals surface area contributed by atoms with Gasteiger partial charge in [0.25, 0.3) is 5.91 Å². The van der Waals surface area contributed by atoms with E-state index in [1.807, 2.05) is 36.5 Å². The van der Waals surface area contributed by atoms with E-state index in [0.29, 0.717) is 12.2 Å². The number of aromatic nitrogens is 4. The molecule has 2 heterocycles. The molecule has 0 aliphatic rings. The maximum Gasteiger partial charge on any atom is 0.273 e. The molecule has 0 aliphatic heterocycles. The first-order valence-corrected chi connectivity index (χ1v) is 7.76. The van der Waals surface area contributed by atoms with E-state index in [1.165, 1.54) is 0 Å². The number of halogens is 1. The summed E-state index contributed by atoms with van der Waals surface area (Å²) in [5.41, 5.74) is 2.57. The van der Waals surface area contributed by atoms with Gasteiger partial charge >= 0.3 is 0 Å². The topological polar surface area (TPSA) is 66.8 Å². The number of carbonyl (C=O) groups excluding carboxylic acids is 1. The molecule has 22 heavy (non-hydrogen) atoms. The standard InChI is InChI=1S/C15H14IN5O/c1-20(15(22)14-13(16)9-17-19-14)10-11-3-5-12(6-4-11)21-8-2-7-18-21/h2-9H,10H2,1H3,(H,17,19). The molecule has 1 amide bonds. The third-order valence-electron chi connectivity index (χ3n) is 3.28. The first-order valence-electron chi connectivity index (χ1n) is 6.68. The molecule has 0 fully saturated rings. The van der Waals surface area contributed by atoms with Gasteiger partial charge in [-0.1, -0.05) is 12.1 Å². The second-order valence-electron chi connectivity index (χ2n) is 4.87. The van der Waals surface area contributed by atoms with Crippen LogP contribution < -0.4 is 0 Å². The number of H-pyrrole nitrogens is 1. The Hall–Kier alpha value is -2.16. The first kappa shape index (κ1) is 14.8. The Balaban J connectivity index is 1.70. The molecule has 0 radical (unpaired) electrons. The summed E-state index contributed by atoms with van der Waals surface area (Å²) in [6.45, 7) is 0.535. The Morgan fingerprint density at radius 3 is 2.73 bits per heavy atom. The number of aromatic amines is 1. The minimum Gasteiger partial charge on any atom is -0.336 e. The fourth-order valence-electron chi connectivity index (χ4n) is 2.13. The zero-order valence-electron chi connectivity index (χ0n) is 11.9. The lowest BCUT2D eigenvalue weighted by atomic mass is 10.2. The highest BCUT2D eigenvalue weighted by atomic mass is 127. The molecular formula is C15H14IN5O. The normalized spacial score (nSPS) is 10.6. The fraction of sp³-hybridized carbons (Fsp3) is 0.133. The smallest absolute Gasteiger partial charge is 0.273 e. The van der Waals surface area contributed by atoms with Gasteiger partial charge in [-0.2, -0.15) is 10.2 Å². The number of nitrogens with one attached hydrogen (secondary N) is 1. The number of hydrogen-bond acceptors (Lipinski definition) is 3. The first-order chi connectivity index (χ1) is 10.6. The van der Waals surface area contributed by atoms with Crippen LogP contribution in [-0.4, -0.2) is 37.8 Å². The number of carbonyl (C=O) groups is 1. The predicted molar refractivity (Wildman–Crippen MR) is 90.7 cm³/mol. The lowest BCUT2D eigenvalue weighted by Crippen LogP contribution is -2.27. The van der Waals surface area contributed by atoms with Gasteiger partial charge in [0.1, 0.15) is 5.69 Å². The molecule has 2 aromatic heterocycles. The largest absolute Gasteiger partial charge is 0.336 e. The Labute approximate surface area is 141 Å². The summed E-state index contributed by atoms with van der Waals surface area (Å²) in [7, 11) is 1.78. The predicted octanol–water partition coefficient (Wildman–Crippen LogP) is 2.47. The average Bonchev–Trinajstić information content (AvgIpc) is 3.18. The van der Waals surface area contributed by atoms with Crippen molar-refractivity contribution < 1.29 is 4.79 Å². The van der Waals surface area contributed by atoms with E-state index in [2.05, 4.69) is 37.9 Å². The second-order valence-corrected chi connectivity index (χ2v) is 6.03. The van der Waals surface area contributed by atoms with E-state index in [4.69, 9.17) is 0 Å². The van der Waals surface area contributed by atoms with Gasteiger partial charge in [-0.05, 0) is 46.4 Å². The van der Waals surface area contributed by atoms with Gasteiger partial charge in [-0.25, -0.2) is 4.68 Å². The van der Waals surface area contributed by atoms with Crippen molar-refractivity contribution in [1.29, 1.82) is 0 Å². The minimum absolute atomic E-state index is 0.0712. The zero-order chi connectivity index (χ0) is 15.5. The van der Waals surface area contributed by atoms with Gasteiger partial charge in [0.15, 0.2) is 0 Å². The third kappa shape index (κ3) is 3.03. The molecule has 7 heteroatoms. The van der Waals surface area contributed by atoms with Crippen LogP contribution in [0.1, 0.15) is 16.1 Å². The van der Waals surface area contributed by atoms with Crippen molar-refractivity contribution in [3.05, 3.63) is 63.7 Å². The van der Waals surface area contributed by atoms with Crippen molar-refractivity contribution in [1.82, 2.24) is 24.9 Å². The van der Waals surface area contributed by atoms with E-state index in [9.17, 15) is 4.79 Å². The number of benzene rings is 1. The van der Waals surface area contributed by atoms with Crippen LogP contribution in [0.25, 0.3) is 5.69 Å². The molecule has 3 rings (SSSR count). The molecule has 3 aromatic rings. The molecule has 1 aromatic carbocycles. The van der Waals surface area contributed by atoms with Gasteiger partial charge in [0.2, 0.25) is 0 Å².